The maximum atomic E-state index is 12.5. The highest BCUT2D eigenvalue weighted by atomic mass is 16.5. The van der Waals surface area contributed by atoms with Crippen LogP contribution in [0.2, 0.25) is 0 Å². The number of piperidine rings is 1. The number of imidazole rings is 1. The summed E-state index contributed by atoms with van der Waals surface area (Å²) in [6.45, 7) is 4.03. The van der Waals surface area contributed by atoms with Crippen molar-refractivity contribution in [3.8, 4) is 5.75 Å². The van der Waals surface area contributed by atoms with Crippen LogP contribution in [0.3, 0.4) is 0 Å². The molecule has 0 aliphatic carbocycles. The highest BCUT2D eigenvalue weighted by Crippen LogP contribution is 2.21. The van der Waals surface area contributed by atoms with E-state index in [2.05, 4.69) is 27.2 Å². The average Bonchev–Trinajstić information content (AvgIpc) is 3.04. The first-order valence-electron chi connectivity index (χ1n) is 9.30. The fourth-order valence-corrected chi connectivity index (χ4v) is 3.39. The lowest BCUT2D eigenvalue weighted by Gasteiger charge is -2.29. The number of rotatable bonds is 4. The summed E-state index contributed by atoms with van der Waals surface area (Å²) in [7, 11) is 2.14. The molecule has 0 spiro atoms. The van der Waals surface area contributed by atoms with E-state index < -0.39 is 0 Å². The SMILES string of the molecule is Cc1nc2ccc(C(=O)Nc3ccc(OC4CCN(C)CC4)cc3)cc2[nH]1. The first-order valence-corrected chi connectivity index (χ1v) is 9.30. The summed E-state index contributed by atoms with van der Waals surface area (Å²) >= 11 is 0. The van der Waals surface area contributed by atoms with Crippen molar-refractivity contribution in [1.82, 2.24) is 14.9 Å². The number of benzene rings is 2. The highest BCUT2D eigenvalue weighted by Gasteiger charge is 2.18. The van der Waals surface area contributed by atoms with E-state index in [-0.39, 0.29) is 12.0 Å². The largest absolute Gasteiger partial charge is 0.490 e. The van der Waals surface area contributed by atoms with Crippen LogP contribution in [0.1, 0.15) is 29.0 Å². The molecule has 1 aromatic heterocycles. The van der Waals surface area contributed by atoms with E-state index >= 15 is 0 Å². The molecule has 0 bridgehead atoms. The quantitative estimate of drug-likeness (QED) is 0.742. The van der Waals surface area contributed by atoms with Gasteiger partial charge in [0.05, 0.1) is 11.0 Å². The standard InChI is InChI=1S/C21H24N4O2/c1-14-22-19-8-3-15(13-20(19)23-14)21(26)24-16-4-6-17(7-5-16)27-18-9-11-25(2)12-10-18/h3-8,13,18H,9-12H2,1-2H3,(H,22,23)(H,24,26). The van der Waals surface area contributed by atoms with Crippen molar-refractivity contribution in [2.24, 2.45) is 0 Å². The van der Waals surface area contributed by atoms with Crippen LogP contribution in [0.5, 0.6) is 5.75 Å². The van der Waals surface area contributed by atoms with Gasteiger partial charge in [-0.1, -0.05) is 0 Å². The molecule has 1 fully saturated rings. The van der Waals surface area contributed by atoms with E-state index in [1.807, 2.05) is 43.3 Å². The third kappa shape index (κ3) is 4.11. The third-order valence-corrected chi connectivity index (χ3v) is 4.94. The van der Waals surface area contributed by atoms with Crippen LogP contribution in [0, 0.1) is 6.92 Å². The summed E-state index contributed by atoms with van der Waals surface area (Å²) in [5, 5.41) is 2.93. The first kappa shape index (κ1) is 17.5. The Morgan fingerprint density at radius 1 is 1.19 bits per heavy atom. The number of ether oxygens (including phenoxy) is 1. The molecule has 0 radical (unpaired) electrons. The molecule has 4 rings (SSSR count). The second-order valence-corrected chi connectivity index (χ2v) is 7.15. The van der Waals surface area contributed by atoms with E-state index in [9.17, 15) is 4.79 Å². The fraction of sp³-hybridized carbons (Fsp3) is 0.333. The minimum Gasteiger partial charge on any atom is -0.490 e. The number of H-pyrrole nitrogens is 1. The molecule has 0 saturated carbocycles. The molecule has 0 atom stereocenters. The second kappa shape index (κ2) is 7.40. The van der Waals surface area contributed by atoms with Crippen LogP contribution in [0.25, 0.3) is 11.0 Å². The van der Waals surface area contributed by atoms with Gasteiger partial charge < -0.3 is 19.9 Å². The van der Waals surface area contributed by atoms with E-state index in [1.54, 1.807) is 6.07 Å². The molecule has 140 valence electrons. The third-order valence-electron chi connectivity index (χ3n) is 4.94. The lowest BCUT2D eigenvalue weighted by molar-refractivity contribution is 0.102. The Bertz CT molecular complexity index is 940. The summed E-state index contributed by atoms with van der Waals surface area (Å²) in [4.78, 5) is 22.3. The van der Waals surface area contributed by atoms with Crippen molar-refractivity contribution in [2.75, 3.05) is 25.5 Å². The Balaban J connectivity index is 1.39. The molecule has 1 aliphatic heterocycles. The molecule has 2 N–H and O–H groups in total. The topological polar surface area (TPSA) is 70.2 Å². The number of likely N-dealkylation sites (tertiary alicyclic amines) is 1. The maximum Gasteiger partial charge on any atom is 0.255 e. The maximum absolute atomic E-state index is 12.5. The normalized spacial score (nSPS) is 15.8. The number of nitrogens with one attached hydrogen (secondary N) is 2. The van der Waals surface area contributed by atoms with E-state index in [1.165, 1.54) is 0 Å². The van der Waals surface area contributed by atoms with E-state index in [4.69, 9.17) is 4.74 Å². The molecular formula is C21H24N4O2. The number of aryl methyl sites for hydroxylation is 1. The number of aromatic nitrogens is 2. The molecule has 0 unspecified atom stereocenters. The molecule has 3 aromatic rings. The van der Waals surface area contributed by atoms with Gasteiger partial charge in [0.2, 0.25) is 0 Å². The van der Waals surface area contributed by atoms with Gasteiger partial charge in [0, 0.05) is 24.3 Å². The van der Waals surface area contributed by atoms with Crippen molar-refractivity contribution in [1.29, 1.82) is 0 Å². The van der Waals surface area contributed by atoms with Gasteiger partial charge in [0.1, 0.15) is 17.7 Å². The molecule has 1 aliphatic rings. The molecule has 1 amide bonds. The fourth-order valence-electron chi connectivity index (χ4n) is 3.39. The van der Waals surface area contributed by atoms with Crippen LogP contribution in [0.4, 0.5) is 5.69 Å². The van der Waals surface area contributed by atoms with E-state index in [0.717, 1.165) is 54.2 Å². The molecule has 6 nitrogen and oxygen atoms in total. The summed E-state index contributed by atoms with van der Waals surface area (Å²) in [5.74, 6) is 1.54. The monoisotopic (exact) mass is 364 g/mol. The van der Waals surface area contributed by atoms with Crippen LogP contribution in [0.15, 0.2) is 42.5 Å². The second-order valence-electron chi connectivity index (χ2n) is 7.15. The number of hydrogen-bond donors (Lipinski definition) is 2. The molecular weight excluding hydrogens is 340 g/mol. The van der Waals surface area contributed by atoms with E-state index in [0.29, 0.717) is 5.56 Å². The van der Waals surface area contributed by atoms with Crippen molar-refractivity contribution in [3.63, 3.8) is 0 Å². The minimum atomic E-state index is -0.145. The van der Waals surface area contributed by atoms with Crippen molar-refractivity contribution >= 4 is 22.6 Å². The Morgan fingerprint density at radius 2 is 1.93 bits per heavy atom. The lowest BCUT2D eigenvalue weighted by Crippen LogP contribution is -2.35. The Labute approximate surface area is 158 Å². The van der Waals surface area contributed by atoms with Gasteiger partial charge in [-0.25, -0.2) is 4.98 Å². The van der Waals surface area contributed by atoms with Gasteiger partial charge in [0.15, 0.2) is 0 Å². The number of nitrogens with zero attached hydrogens (tertiary/aromatic N) is 2. The van der Waals surface area contributed by atoms with Crippen molar-refractivity contribution in [2.45, 2.75) is 25.9 Å². The van der Waals surface area contributed by atoms with Crippen LogP contribution < -0.4 is 10.1 Å². The predicted octanol–water partition coefficient (Wildman–Crippen LogP) is 3.60. The Kier molecular flexibility index (Phi) is 4.81. The van der Waals surface area contributed by atoms with Crippen molar-refractivity contribution in [3.05, 3.63) is 53.9 Å². The van der Waals surface area contributed by atoms with Crippen LogP contribution in [-0.4, -0.2) is 47.0 Å². The van der Waals surface area contributed by atoms with Crippen LogP contribution >= 0.6 is 0 Å². The predicted molar refractivity (Wildman–Crippen MR) is 106 cm³/mol. The number of anilines is 1. The zero-order chi connectivity index (χ0) is 18.8. The highest BCUT2D eigenvalue weighted by molar-refractivity contribution is 6.05. The zero-order valence-electron chi connectivity index (χ0n) is 15.7. The van der Waals surface area contributed by atoms with Gasteiger partial charge in [-0.05, 0) is 69.3 Å². The van der Waals surface area contributed by atoms with Gasteiger partial charge in [-0.2, -0.15) is 0 Å². The average molecular weight is 364 g/mol. The molecule has 1 saturated heterocycles. The summed E-state index contributed by atoms with van der Waals surface area (Å²) in [5.41, 5.74) is 3.07. The zero-order valence-corrected chi connectivity index (χ0v) is 15.7. The minimum absolute atomic E-state index is 0.145. The number of amides is 1. The number of carbonyl (C=O) groups is 1. The Morgan fingerprint density at radius 3 is 2.67 bits per heavy atom. The number of aromatic amines is 1. The van der Waals surface area contributed by atoms with Gasteiger partial charge in [-0.3, -0.25) is 4.79 Å². The van der Waals surface area contributed by atoms with Crippen molar-refractivity contribution < 1.29 is 9.53 Å². The first-order chi connectivity index (χ1) is 13.1. The molecule has 27 heavy (non-hydrogen) atoms. The number of hydrogen-bond acceptors (Lipinski definition) is 4. The number of carbonyl (C=O) groups excluding carboxylic acids is 1. The van der Waals surface area contributed by atoms with Gasteiger partial charge >= 0.3 is 0 Å². The molecule has 6 heteroatoms. The smallest absolute Gasteiger partial charge is 0.255 e. The number of fused-ring (bicyclic) bond motifs is 1. The van der Waals surface area contributed by atoms with Gasteiger partial charge in [-0.15, -0.1) is 0 Å². The molecule has 2 aromatic carbocycles. The van der Waals surface area contributed by atoms with Crippen LogP contribution in [-0.2, 0) is 0 Å². The summed E-state index contributed by atoms with van der Waals surface area (Å²) < 4.78 is 6.05. The lowest BCUT2D eigenvalue weighted by atomic mass is 10.1. The molecule has 2 heterocycles. The Hall–Kier alpha value is -2.86. The van der Waals surface area contributed by atoms with Gasteiger partial charge in [0.25, 0.3) is 5.91 Å². The summed E-state index contributed by atoms with van der Waals surface area (Å²) in [6.07, 6.45) is 2.36. The summed E-state index contributed by atoms with van der Waals surface area (Å²) in [6, 6.07) is 13.0.